The van der Waals surface area contributed by atoms with Crippen LogP contribution in [0.25, 0.3) is 0 Å². The van der Waals surface area contributed by atoms with Crippen molar-refractivity contribution in [2.75, 3.05) is 26.4 Å². The lowest BCUT2D eigenvalue weighted by Gasteiger charge is -2.54. The summed E-state index contributed by atoms with van der Waals surface area (Å²) in [5.41, 5.74) is 2.85. The van der Waals surface area contributed by atoms with E-state index in [1.807, 2.05) is 20.8 Å². The van der Waals surface area contributed by atoms with Gasteiger partial charge in [0.1, 0.15) is 12.2 Å². The number of aliphatic hydroxyl groups excluding tert-OH is 6. The fourth-order valence-corrected chi connectivity index (χ4v) is 6.98. The summed E-state index contributed by atoms with van der Waals surface area (Å²) in [6.45, 7) is 7.27. The molecule has 0 aliphatic carbocycles. The summed E-state index contributed by atoms with van der Waals surface area (Å²) < 4.78 is 24.3. The maximum absolute atomic E-state index is 11.4. The van der Waals surface area contributed by atoms with Gasteiger partial charge in [-0.05, 0) is 45.6 Å². The zero-order valence-corrected chi connectivity index (χ0v) is 26.7. The third kappa shape index (κ3) is 9.76. The number of nitrogens with two attached hydrogens (primary N) is 1. The minimum absolute atomic E-state index is 0.284. The summed E-state index contributed by atoms with van der Waals surface area (Å²) in [6, 6.07) is 0. The molecule has 0 saturated carbocycles. The predicted octanol–water partition coefficient (Wildman–Crippen LogP) is 0.929. The molecule has 2 saturated heterocycles. The van der Waals surface area contributed by atoms with Crippen molar-refractivity contribution in [1.29, 1.82) is 0 Å². The fourth-order valence-electron chi connectivity index (χ4n) is 6.98. The molecule has 2 heterocycles. The highest BCUT2D eigenvalue weighted by atomic mass is 16.7. The minimum Gasteiger partial charge on any atom is -0.394 e. The molecule has 0 aromatic carbocycles. The first-order valence-electron chi connectivity index (χ1n) is 16.4. The topological polar surface area (TPSA) is 205 Å². The van der Waals surface area contributed by atoms with Crippen LogP contribution >= 0.6 is 0 Å². The highest BCUT2D eigenvalue weighted by Crippen LogP contribution is 2.45. The number of rotatable bonds is 20. The molecular formula is C31H61NO11. The second kappa shape index (κ2) is 18.6. The number of unbranched alkanes of at least 4 members (excludes halogenated alkanes) is 5. The summed E-state index contributed by atoms with van der Waals surface area (Å²) >= 11 is 0. The standard InChI is InChI=1S/C31H61NO11/c1-5-8-11-15-30(4,39)22-20(18-33)42-29(27(38)24(22)35)43-31(7-3,14-6-2)23-21(19-34)41-28(26(37)25(23)36)40-17-13-10-9-12-16-32/h20-29,33-39H,5-19,32H2,1-4H3. The summed E-state index contributed by atoms with van der Waals surface area (Å²) in [6.07, 6.45) is -2.87. The molecule has 2 fully saturated rings. The molecule has 256 valence electrons. The van der Waals surface area contributed by atoms with E-state index in [9.17, 15) is 35.7 Å². The largest absolute Gasteiger partial charge is 0.394 e. The lowest BCUT2D eigenvalue weighted by molar-refractivity contribution is -0.365. The van der Waals surface area contributed by atoms with Crippen LogP contribution in [0.5, 0.6) is 0 Å². The van der Waals surface area contributed by atoms with Crippen molar-refractivity contribution >= 4 is 0 Å². The van der Waals surface area contributed by atoms with E-state index >= 15 is 0 Å². The van der Waals surface area contributed by atoms with E-state index in [1.165, 1.54) is 0 Å². The molecule has 0 aromatic rings. The molecule has 12 nitrogen and oxygen atoms in total. The van der Waals surface area contributed by atoms with Crippen LogP contribution in [0.2, 0.25) is 0 Å². The predicted molar refractivity (Wildman–Crippen MR) is 160 cm³/mol. The van der Waals surface area contributed by atoms with E-state index in [4.69, 9.17) is 24.7 Å². The van der Waals surface area contributed by atoms with Gasteiger partial charge >= 0.3 is 0 Å². The minimum atomic E-state index is -1.58. The molecule has 2 rings (SSSR count). The van der Waals surface area contributed by atoms with Gasteiger partial charge in [0.15, 0.2) is 12.6 Å². The van der Waals surface area contributed by atoms with E-state index in [0.717, 1.165) is 38.5 Å². The molecule has 0 aromatic heterocycles. The Morgan fingerprint density at radius 1 is 0.698 bits per heavy atom. The van der Waals surface area contributed by atoms with Gasteiger partial charge in [-0.2, -0.15) is 0 Å². The Labute approximate surface area is 257 Å². The Kier molecular flexibility index (Phi) is 16.8. The molecular weight excluding hydrogens is 562 g/mol. The molecule has 43 heavy (non-hydrogen) atoms. The van der Waals surface area contributed by atoms with Crippen LogP contribution in [0.4, 0.5) is 0 Å². The summed E-state index contributed by atoms with van der Waals surface area (Å²) in [4.78, 5) is 0. The van der Waals surface area contributed by atoms with Gasteiger partial charge in [0.05, 0.1) is 48.8 Å². The Morgan fingerprint density at radius 3 is 1.86 bits per heavy atom. The van der Waals surface area contributed by atoms with Crippen molar-refractivity contribution in [3.05, 3.63) is 0 Å². The first-order valence-corrected chi connectivity index (χ1v) is 16.4. The SMILES string of the molecule is CCCCCC(C)(O)C1C(CO)OC(OC(CC)(CCC)C2C(CO)OC(OCCCCCCN)C(O)C2O)C(O)C1O. The van der Waals surface area contributed by atoms with Crippen molar-refractivity contribution in [2.45, 2.75) is 159 Å². The normalized spacial score (nSPS) is 36.3. The molecule has 2 aliphatic heterocycles. The molecule has 12 unspecified atom stereocenters. The average molecular weight is 624 g/mol. The maximum atomic E-state index is 11.4. The summed E-state index contributed by atoms with van der Waals surface area (Å²) in [5.74, 6) is -1.92. The molecule has 0 bridgehead atoms. The number of hydrogen-bond donors (Lipinski definition) is 8. The molecule has 2 aliphatic rings. The molecule has 0 amide bonds. The quantitative estimate of drug-likeness (QED) is 0.0892. The second-order valence-corrected chi connectivity index (χ2v) is 12.6. The van der Waals surface area contributed by atoms with Crippen LogP contribution in [0, 0.1) is 11.8 Å². The highest BCUT2D eigenvalue weighted by molar-refractivity contribution is 5.03. The van der Waals surface area contributed by atoms with Gasteiger partial charge in [0.25, 0.3) is 0 Å². The summed E-state index contributed by atoms with van der Waals surface area (Å²) in [5, 5.41) is 76.8. The smallest absolute Gasteiger partial charge is 0.187 e. The first kappa shape index (κ1) is 38.7. The Balaban J connectivity index is 2.26. The molecule has 12 heteroatoms. The van der Waals surface area contributed by atoms with Crippen LogP contribution in [0.3, 0.4) is 0 Å². The molecule has 9 N–H and O–H groups in total. The lowest BCUT2D eigenvalue weighted by atomic mass is 9.71. The van der Waals surface area contributed by atoms with Crippen molar-refractivity contribution < 1.29 is 54.7 Å². The zero-order valence-electron chi connectivity index (χ0n) is 26.7. The first-order chi connectivity index (χ1) is 20.5. The fraction of sp³-hybridized carbons (Fsp3) is 1.00. The van der Waals surface area contributed by atoms with Crippen LogP contribution in [0.15, 0.2) is 0 Å². The number of aliphatic hydroxyl groups is 7. The van der Waals surface area contributed by atoms with Gasteiger partial charge in [0.2, 0.25) is 0 Å². The Hall–Kier alpha value is -0.480. The van der Waals surface area contributed by atoms with Gasteiger partial charge < -0.3 is 60.4 Å². The van der Waals surface area contributed by atoms with E-state index in [-0.39, 0.29) is 6.42 Å². The van der Waals surface area contributed by atoms with Gasteiger partial charge in [-0.15, -0.1) is 0 Å². The molecule has 12 atom stereocenters. The molecule has 0 radical (unpaired) electrons. The van der Waals surface area contributed by atoms with Crippen molar-refractivity contribution in [3.63, 3.8) is 0 Å². The highest BCUT2D eigenvalue weighted by Gasteiger charge is 2.58. The number of hydrogen-bond acceptors (Lipinski definition) is 12. The van der Waals surface area contributed by atoms with Crippen molar-refractivity contribution in [3.8, 4) is 0 Å². The van der Waals surface area contributed by atoms with Crippen LogP contribution in [0.1, 0.15) is 98.3 Å². The zero-order chi connectivity index (χ0) is 32.2. The van der Waals surface area contributed by atoms with E-state index in [2.05, 4.69) is 0 Å². The van der Waals surface area contributed by atoms with Crippen LogP contribution in [-0.2, 0) is 18.9 Å². The van der Waals surface area contributed by atoms with Crippen LogP contribution < -0.4 is 5.73 Å². The Morgan fingerprint density at radius 2 is 1.28 bits per heavy atom. The molecule has 0 spiro atoms. The monoisotopic (exact) mass is 623 g/mol. The van der Waals surface area contributed by atoms with E-state index in [0.29, 0.717) is 38.8 Å². The third-order valence-electron chi connectivity index (χ3n) is 9.39. The van der Waals surface area contributed by atoms with Gasteiger partial charge in [-0.25, -0.2) is 0 Å². The van der Waals surface area contributed by atoms with Crippen molar-refractivity contribution in [1.82, 2.24) is 0 Å². The second-order valence-electron chi connectivity index (χ2n) is 12.6. The Bertz CT molecular complexity index is 757. The van der Waals surface area contributed by atoms with Gasteiger partial charge in [0, 0.05) is 18.4 Å². The number of ether oxygens (including phenoxy) is 4. The van der Waals surface area contributed by atoms with Crippen LogP contribution in [-0.4, -0.2) is 123 Å². The lowest BCUT2D eigenvalue weighted by Crippen LogP contribution is -2.67. The summed E-state index contributed by atoms with van der Waals surface area (Å²) in [7, 11) is 0. The maximum Gasteiger partial charge on any atom is 0.187 e. The average Bonchev–Trinajstić information content (AvgIpc) is 2.98. The van der Waals surface area contributed by atoms with Crippen molar-refractivity contribution in [2.24, 2.45) is 17.6 Å². The van der Waals surface area contributed by atoms with Gasteiger partial charge in [-0.3, -0.25) is 0 Å². The van der Waals surface area contributed by atoms with E-state index < -0.39 is 85.5 Å². The van der Waals surface area contributed by atoms with E-state index in [1.54, 1.807) is 6.92 Å². The van der Waals surface area contributed by atoms with Gasteiger partial charge in [-0.1, -0.05) is 59.3 Å². The third-order valence-corrected chi connectivity index (χ3v) is 9.39.